The van der Waals surface area contributed by atoms with Gasteiger partial charge in [-0.3, -0.25) is 0 Å². The highest BCUT2D eigenvalue weighted by Gasteiger charge is 2.20. The zero-order valence-electron chi connectivity index (χ0n) is 17.2. The largest absolute Gasteiger partial charge is 0.493 e. The zero-order chi connectivity index (χ0) is 23.1. The van der Waals surface area contributed by atoms with Crippen LogP contribution in [0.25, 0.3) is 11.6 Å². The van der Waals surface area contributed by atoms with Gasteiger partial charge in [-0.1, -0.05) is 41.9 Å². The van der Waals surface area contributed by atoms with Crippen molar-refractivity contribution in [3.8, 4) is 23.6 Å². The van der Waals surface area contributed by atoms with Crippen molar-refractivity contribution >= 4 is 29.1 Å². The van der Waals surface area contributed by atoms with Gasteiger partial charge < -0.3 is 20.3 Å². The van der Waals surface area contributed by atoms with E-state index in [2.05, 4.69) is 11.2 Å². The molecule has 0 unspecified atom stereocenters. The number of nitriles is 2. The third-order valence-electron chi connectivity index (χ3n) is 4.65. The van der Waals surface area contributed by atoms with Crippen LogP contribution >= 0.6 is 11.6 Å². The molecule has 0 aliphatic heterocycles. The number of anilines is 1. The number of rotatable bonds is 8. The Hall–Kier alpha value is -3.98. The second-order valence-corrected chi connectivity index (χ2v) is 7.00. The lowest BCUT2D eigenvalue weighted by molar-refractivity contribution is 0.270. The van der Waals surface area contributed by atoms with Gasteiger partial charge in [-0.25, -0.2) is 4.68 Å². The number of aromatic nitrogens is 2. The Bertz CT molecular complexity index is 1240. The predicted octanol–water partition coefficient (Wildman–Crippen LogP) is 3.63. The molecule has 0 amide bonds. The molecule has 9 heteroatoms. The molecule has 0 spiro atoms. The summed E-state index contributed by atoms with van der Waals surface area (Å²) in [7, 11) is 1.52. The summed E-state index contributed by atoms with van der Waals surface area (Å²) in [5, 5.41) is 33.3. The predicted molar refractivity (Wildman–Crippen MR) is 121 cm³/mol. The minimum Gasteiger partial charge on any atom is -0.493 e. The number of nitrogens with two attached hydrogens (primary N) is 1. The molecule has 0 bridgehead atoms. The molecule has 0 saturated carbocycles. The van der Waals surface area contributed by atoms with Gasteiger partial charge in [-0.15, -0.1) is 0 Å². The van der Waals surface area contributed by atoms with Crippen LogP contribution in [0.3, 0.4) is 0 Å². The summed E-state index contributed by atoms with van der Waals surface area (Å²) in [5.41, 5.74) is 7.60. The molecule has 0 atom stereocenters. The topological polar surface area (TPSA) is 130 Å². The number of aliphatic hydroxyl groups is 1. The van der Waals surface area contributed by atoms with Crippen molar-refractivity contribution in [1.29, 1.82) is 10.5 Å². The average molecular weight is 450 g/mol. The van der Waals surface area contributed by atoms with Gasteiger partial charge in [0, 0.05) is 16.1 Å². The van der Waals surface area contributed by atoms with Crippen LogP contribution in [0, 0.1) is 22.7 Å². The number of halogens is 1. The SMILES string of the molecule is COc1cccc(/C=C(/C#N)c2nn(CCO)c(N)c2C#N)c1OCc1ccccc1Cl. The van der Waals surface area contributed by atoms with Crippen LogP contribution in [-0.4, -0.2) is 28.6 Å². The second kappa shape index (κ2) is 10.4. The lowest BCUT2D eigenvalue weighted by atomic mass is 10.0. The summed E-state index contributed by atoms with van der Waals surface area (Å²) in [6, 6.07) is 16.6. The smallest absolute Gasteiger partial charge is 0.168 e. The van der Waals surface area contributed by atoms with Crippen molar-refractivity contribution in [3.05, 3.63) is 69.9 Å². The fourth-order valence-electron chi connectivity index (χ4n) is 3.08. The first-order valence-corrected chi connectivity index (χ1v) is 9.94. The van der Waals surface area contributed by atoms with Crippen molar-refractivity contribution in [3.63, 3.8) is 0 Å². The number of benzene rings is 2. The number of aliphatic hydroxyl groups excluding tert-OH is 1. The number of nitrogen functional groups attached to an aromatic ring is 1. The fraction of sp³-hybridized carbons (Fsp3) is 0.174. The number of allylic oxidation sites excluding steroid dienone is 1. The standard InChI is InChI=1S/C23H20ClN5O3/c1-31-20-8-4-6-15(22(20)32-14-16-5-2-3-7-19(16)24)11-17(12-25)21-18(13-26)23(27)29(28-21)9-10-30/h2-8,11,30H,9-10,14,27H2,1H3/b17-11-. The van der Waals surface area contributed by atoms with E-state index in [4.69, 9.17) is 26.8 Å². The van der Waals surface area contributed by atoms with E-state index in [1.54, 1.807) is 30.3 Å². The van der Waals surface area contributed by atoms with Gasteiger partial charge in [0.25, 0.3) is 0 Å². The maximum atomic E-state index is 9.80. The first kappa shape index (κ1) is 22.7. The Kier molecular flexibility index (Phi) is 7.35. The second-order valence-electron chi connectivity index (χ2n) is 6.60. The van der Waals surface area contributed by atoms with E-state index in [9.17, 15) is 15.6 Å². The van der Waals surface area contributed by atoms with Crippen LogP contribution in [0.1, 0.15) is 22.4 Å². The van der Waals surface area contributed by atoms with E-state index < -0.39 is 0 Å². The van der Waals surface area contributed by atoms with Gasteiger partial charge >= 0.3 is 0 Å². The maximum absolute atomic E-state index is 9.80. The Labute approximate surface area is 190 Å². The normalized spacial score (nSPS) is 11.0. The molecule has 1 heterocycles. The third-order valence-corrected chi connectivity index (χ3v) is 5.02. The van der Waals surface area contributed by atoms with Crippen LogP contribution in [0.5, 0.6) is 11.5 Å². The van der Waals surface area contributed by atoms with E-state index in [1.165, 1.54) is 11.8 Å². The molecule has 0 aliphatic carbocycles. The molecule has 8 nitrogen and oxygen atoms in total. The minimum atomic E-state index is -0.211. The fourth-order valence-corrected chi connectivity index (χ4v) is 3.27. The molecule has 162 valence electrons. The number of hydrogen-bond donors (Lipinski definition) is 2. The number of methoxy groups -OCH3 is 1. The average Bonchev–Trinajstić information content (AvgIpc) is 3.12. The van der Waals surface area contributed by atoms with Gasteiger partial charge in [-0.2, -0.15) is 15.6 Å². The summed E-state index contributed by atoms with van der Waals surface area (Å²) >= 11 is 6.23. The molecule has 3 N–H and O–H groups in total. The van der Waals surface area contributed by atoms with E-state index >= 15 is 0 Å². The van der Waals surface area contributed by atoms with E-state index in [-0.39, 0.29) is 42.4 Å². The molecule has 0 radical (unpaired) electrons. The summed E-state index contributed by atoms with van der Waals surface area (Å²) in [4.78, 5) is 0. The number of hydrogen-bond acceptors (Lipinski definition) is 7. The Balaban J connectivity index is 2.05. The number of nitrogens with zero attached hydrogens (tertiary/aromatic N) is 4. The Morgan fingerprint density at radius 3 is 2.69 bits per heavy atom. The summed E-state index contributed by atoms with van der Waals surface area (Å²) < 4.78 is 12.7. The quantitative estimate of drug-likeness (QED) is 0.502. The van der Waals surface area contributed by atoms with Crippen molar-refractivity contribution in [2.24, 2.45) is 0 Å². The highest BCUT2D eigenvalue weighted by Crippen LogP contribution is 2.35. The van der Waals surface area contributed by atoms with Crippen molar-refractivity contribution < 1.29 is 14.6 Å². The van der Waals surface area contributed by atoms with Crippen molar-refractivity contribution in [1.82, 2.24) is 9.78 Å². The van der Waals surface area contributed by atoms with Crippen LogP contribution in [0.15, 0.2) is 42.5 Å². The molecule has 32 heavy (non-hydrogen) atoms. The monoisotopic (exact) mass is 449 g/mol. The van der Waals surface area contributed by atoms with Gasteiger partial charge in [0.05, 0.1) is 25.8 Å². The van der Waals surface area contributed by atoms with Crippen LogP contribution in [-0.2, 0) is 13.2 Å². The lowest BCUT2D eigenvalue weighted by Gasteiger charge is -2.14. The first-order valence-electron chi connectivity index (χ1n) is 9.56. The molecule has 0 saturated heterocycles. The van der Waals surface area contributed by atoms with Crippen LogP contribution in [0.4, 0.5) is 5.82 Å². The molecule has 1 aromatic heterocycles. The molecular weight excluding hydrogens is 430 g/mol. The van der Waals surface area contributed by atoms with Gasteiger partial charge in [0.2, 0.25) is 0 Å². The number of ether oxygens (including phenoxy) is 2. The number of para-hydroxylation sites is 1. The van der Waals surface area contributed by atoms with E-state index in [0.29, 0.717) is 22.1 Å². The van der Waals surface area contributed by atoms with E-state index in [0.717, 1.165) is 5.56 Å². The molecular formula is C23H20ClN5O3. The molecule has 0 aliphatic rings. The van der Waals surface area contributed by atoms with E-state index in [1.807, 2.05) is 24.3 Å². The highest BCUT2D eigenvalue weighted by atomic mass is 35.5. The van der Waals surface area contributed by atoms with Crippen LogP contribution < -0.4 is 15.2 Å². The third kappa shape index (κ3) is 4.68. The Morgan fingerprint density at radius 1 is 1.25 bits per heavy atom. The maximum Gasteiger partial charge on any atom is 0.168 e. The summed E-state index contributed by atoms with van der Waals surface area (Å²) in [6.45, 7) is 0.0760. The first-order chi connectivity index (χ1) is 15.5. The Morgan fingerprint density at radius 2 is 2.03 bits per heavy atom. The van der Waals surface area contributed by atoms with Crippen molar-refractivity contribution in [2.45, 2.75) is 13.2 Å². The molecule has 0 fully saturated rings. The van der Waals surface area contributed by atoms with Crippen LogP contribution in [0.2, 0.25) is 5.02 Å². The summed E-state index contributed by atoms with van der Waals surface area (Å²) in [5.74, 6) is 0.955. The minimum absolute atomic E-state index is 0.0627. The highest BCUT2D eigenvalue weighted by molar-refractivity contribution is 6.31. The van der Waals surface area contributed by atoms with Crippen molar-refractivity contribution in [2.75, 3.05) is 19.5 Å². The molecule has 3 rings (SSSR count). The molecule has 3 aromatic rings. The summed E-state index contributed by atoms with van der Waals surface area (Å²) in [6.07, 6.45) is 1.55. The lowest BCUT2D eigenvalue weighted by Crippen LogP contribution is -2.07. The van der Waals surface area contributed by atoms with Gasteiger partial charge in [0.15, 0.2) is 11.5 Å². The zero-order valence-corrected chi connectivity index (χ0v) is 18.0. The van der Waals surface area contributed by atoms with Gasteiger partial charge in [-0.05, 0) is 18.2 Å². The molecule has 2 aromatic carbocycles. The van der Waals surface area contributed by atoms with Gasteiger partial charge in [0.1, 0.15) is 35.8 Å².